The lowest BCUT2D eigenvalue weighted by atomic mass is 9.96. The average Bonchev–Trinajstić information content (AvgIpc) is 2.78. The average molecular weight is 310 g/mol. The van der Waals surface area contributed by atoms with Gasteiger partial charge in [-0.3, -0.25) is 4.79 Å². The first-order valence-corrected chi connectivity index (χ1v) is 7.94. The second kappa shape index (κ2) is 6.05. The summed E-state index contributed by atoms with van der Waals surface area (Å²) in [5, 5.41) is 0.550. The summed E-state index contributed by atoms with van der Waals surface area (Å²) in [4.78, 5) is 25.9. The summed E-state index contributed by atoms with van der Waals surface area (Å²) >= 11 is 1.44. The van der Waals surface area contributed by atoms with Crippen LogP contribution in [0.5, 0.6) is 0 Å². The fourth-order valence-electron chi connectivity index (χ4n) is 2.43. The Kier molecular flexibility index (Phi) is 4.56. The molecule has 1 aliphatic heterocycles. The molecule has 0 spiro atoms. The summed E-state index contributed by atoms with van der Waals surface area (Å²) < 4.78 is 5.42. The van der Waals surface area contributed by atoms with Crippen molar-refractivity contribution >= 4 is 28.7 Å². The van der Waals surface area contributed by atoms with Gasteiger partial charge in [0.25, 0.3) is 0 Å². The number of anilines is 1. The molecule has 0 radical (unpaired) electrons. The molecule has 1 aliphatic rings. The van der Waals surface area contributed by atoms with Gasteiger partial charge in [0.15, 0.2) is 6.29 Å². The molecule has 5 nitrogen and oxygen atoms in total. The van der Waals surface area contributed by atoms with E-state index in [1.807, 2.05) is 26.8 Å². The number of nitrogens with zero attached hydrogens (tertiary/aromatic N) is 1. The molecule has 2 rings (SSSR count). The summed E-state index contributed by atoms with van der Waals surface area (Å²) in [6.07, 6.45) is 2.44. The van der Waals surface area contributed by atoms with E-state index in [0.717, 1.165) is 24.0 Å². The van der Waals surface area contributed by atoms with E-state index in [1.54, 1.807) is 4.90 Å². The van der Waals surface area contributed by atoms with E-state index in [1.165, 1.54) is 11.3 Å². The van der Waals surface area contributed by atoms with E-state index < -0.39 is 5.60 Å². The number of amides is 1. The van der Waals surface area contributed by atoms with Gasteiger partial charge < -0.3 is 15.4 Å². The van der Waals surface area contributed by atoms with Gasteiger partial charge in [-0.15, -0.1) is 11.3 Å². The number of carbonyl (C=O) groups excluding carboxylic acids is 2. The third kappa shape index (κ3) is 3.97. The highest BCUT2D eigenvalue weighted by molar-refractivity contribution is 7.16. The molecule has 0 bridgehead atoms. The maximum Gasteiger partial charge on any atom is 0.410 e. The monoisotopic (exact) mass is 310 g/mol. The van der Waals surface area contributed by atoms with Crippen LogP contribution in [0.4, 0.5) is 9.80 Å². The molecule has 1 aromatic rings. The van der Waals surface area contributed by atoms with Crippen molar-refractivity contribution in [3.63, 3.8) is 0 Å². The van der Waals surface area contributed by atoms with Crippen molar-refractivity contribution in [3.05, 3.63) is 16.5 Å². The number of hydrogen-bond donors (Lipinski definition) is 1. The number of hydrogen-bond acceptors (Lipinski definition) is 5. The van der Waals surface area contributed by atoms with Crippen LogP contribution in [-0.4, -0.2) is 36.0 Å². The number of nitrogens with two attached hydrogens (primary N) is 1. The molecule has 6 heteroatoms. The maximum absolute atomic E-state index is 12.1. The first kappa shape index (κ1) is 15.8. The minimum absolute atomic E-state index is 0.229. The van der Waals surface area contributed by atoms with Crippen molar-refractivity contribution in [1.82, 2.24) is 4.90 Å². The first-order chi connectivity index (χ1) is 9.80. The number of rotatable bonds is 2. The van der Waals surface area contributed by atoms with Gasteiger partial charge in [0, 0.05) is 29.4 Å². The second-order valence-electron chi connectivity index (χ2n) is 6.35. The number of carbonyl (C=O) groups is 2. The Morgan fingerprint density at radius 1 is 1.52 bits per heavy atom. The molecule has 0 saturated carbocycles. The fourth-order valence-corrected chi connectivity index (χ4v) is 3.46. The van der Waals surface area contributed by atoms with Gasteiger partial charge in [0.1, 0.15) is 5.60 Å². The van der Waals surface area contributed by atoms with E-state index in [0.29, 0.717) is 23.7 Å². The Balaban J connectivity index is 2.06. The van der Waals surface area contributed by atoms with Crippen LogP contribution in [-0.2, 0) is 4.74 Å². The van der Waals surface area contributed by atoms with Crippen molar-refractivity contribution in [1.29, 1.82) is 0 Å². The third-order valence-corrected chi connectivity index (χ3v) is 4.56. The highest BCUT2D eigenvalue weighted by Crippen LogP contribution is 2.35. The lowest BCUT2D eigenvalue weighted by molar-refractivity contribution is 0.0199. The minimum Gasteiger partial charge on any atom is -0.444 e. The number of aldehydes is 1. The predicted molar refractivity (Wildman–Crippen MR) is 83.9 cm³/mol. The van der Waals surface area contributed by atoms with Crippen LogP contribution in [0, 0.1) is 0 Å². The van der Waals surface area contributed by atoms with Gasteiger partial charge in [-0.25, -0.2) is 4.79 Å². The fraction of sp³-hybridized carbons (Fsp3) is 0.600. The van der Waals surface area contributed by atoms with Gasteiger partial charge in [0.2, 0.25) is 0 Å². The summed E-state index contributed by atoms with van der Waals surface area (Å²) in [6.45, 7) is 6.92. The van der Waals surface area contributed by atoms with Gasteiger partial charge in [-0.1, -0.05) is 0 Å². The molecule has 2 heterocycles. The Morgan fingerprint density at radius 3 is 2.81 bits per heavy atom. The molecule has 0 aromatic carbocycles. The number of piperidine rings is 1. The lowest BCUT2D eigenvalue weighted by Crippen LogP contribution is -2.42. The number of nitrogen functional groups attached to an aromatic ring is 1. The van der Waals surface area contributed by atoms with Crippen molar-refractivity contribution in [3.8, 4) is 0 Å². The first-order valence-electron chi connectivity index (χ1n) is 7.12. The summed E-state index contributed by atoms with van der Waals surface area (Å²) in [7, 11) is 0. The molecule has 21 heavy (non-hydrogen) atoms. The SMILES string of the molecule is CC(C)(C)OC(=O)N1CCCC(c2cc(C=O)c(N)s2)C1. The highest BCUT2D eigenvalue weighted by atomic mass is 32.1. The molecule has 0 aliphatic carbocycles. The van der Waals surface area contributed by atoms with Gasteiger partial charge in [-0.05, 0) is 39.7 Å². The van der Waals surface area contributed by atoms with Crippen LogP contribution in [0.3, 0.4) is 0 Å². The molecule has 1 amide bonds. The van der Waals surface area contributed by atoms with Crippen molar-refractivity contribution in [2.45, 2.75) is 45.1 Å². The smallest absolute Gasteiger partial charge is 0.410 e. The van der Waals surface area contributed by atoms with Crippen LogP contribution in [0.2, 0.25) is 0 Å². The topological polar surface area (TPSA) is 72.6 Å². The number of thiophene rings is 1. The van der Waals surface area contributed by atoms with Crippen LogP contribution in [0.25, 0.3) is 0 Å². The summed E-state index contributed by atoms with van der Waals surface area (Å²) in [5.41, 5.74) is 5.88. The van der Waals surface area contributed by atoms with Gasteiger partial charge in [-0.2, -0.15) is 0 Å². The molecule has 116 valence electrons. The van der Waals surface area contributed by atoms with Crippen molar-refractivity contribution in [2.75, 3.05) is 18.8 Å². The molecular formula is C15H22N2O3S. The van der Waals surface area contributed by atoms with E-state index in [4.69, 9.17) is 10.5 Å². The molecule has 2 N–H and O–H groups in total. The van der Waals surface area contributed by atoms with Crippen molar-refractivity contribution < 1.29 is 14.3 Å². The summed E-state index contributed by atoms with van der Waals surface area (Å²) in [5.74, 6) is 0.229. The molecule has 1 aromatic heterocycles. The molecular weight excluding hydrogens is 288 g/mol. The van der Waals surface area contributed by atoms with E-state index >= 15 is 0 Å². The van der Waals surface area contributed by atoms with Crippen molar-refractivity contribution in [2.24, 2.45) is 0 Å². The predicted octanol–water partition coefficient (Wildman–Crippen LogP) is 3.26. The second-order valence-corrected chi connectivity index (χ2v) is 7.47. The number of ether oxygens (including phenoxy) is 1. The van der Waals surface area contributed by atoms with E-state index in [-0.39, 0.29) is 12.0 Å². The quantitative estimate of drug-likeness (QED) is 0.851. The normalized spacial score (nSPS) is 19.4. The Labute approximate surface area is 129 Å². The maximum atomic E-state index is 12.1. The van der Waals surface area contributed by atoms with Crippen LogP contribution in [0.15, 0.2) is 6.07 Å². The standard InChI is InChI=1S/C15H22N2O3S/c1-15(2,3)20-14(19)17-6-4-5-10(8-17)12-7-11(9-18)13(16)21-12/h7,9-10H,4-6,8,16H2,1-3H3. The Bertz CT molecular complexity index is 534. The zero-order valence-corrected chi connectivity index (χ0v) is 13.5. The van der Waals surface area contributed by atoms with E-state index in [2.05, 4.69) is 0 Å². The van der Waals surface area contributed by atoms with Crippen LogP contribution in [0.1, 0.15) is 54.8 Å². The summed E-state index contributed by atoms with van der Waals surface area (Å²) in [6, 6.07) is 1.84. The van der Waals surface area contributed by atoms with Gasteiger partial charge in [0.05, 0.1) is 5.00 Å². The Morgan fingerprint density at radius 2 is 2.24 bits per heavy atom. The largest absolute Gasteiger partial charge is 0.444 e. The molecule has 1 fully saturated rings. The van der Waals surface area contributed by atoms with E-state index in [9.17, 15) is 9.59 Å². The highest BCUT2D eigenvalue weighted by Gasteiger charge is 2.29. The van der Waals surface area contributed by atoms with Crippen LogP contribution >= 0.6 is 11.3 Å². The zero-order valence-electron chi connectivity index (χ0n) is 12.7. The van der Waals surface area contributed by atoms with Gasteiger partial charge >= 0.3 is 6.09 Å². The molecule has 1 saturated heterocycles. The molecule has 1 atom stereocenters. The molecule has 1 unspecified atom stereocenters. The van der Waals surface area contributed by atoms with Crippen LogP contribution < -0.4 is 5.73 Å². The third-order valence-electron chi connectivity index (χ3n) is 3.41. The lowest BCUT2D eigenvalue weighted by Gasteiger charge is -2.33. The number of likely N-dealkylation sites (tertiary alicyclic amines) is 1. The zero-order chi connectivity index (χ0) is 15.6. The Hall–Kier alpha value is -1.56. The minimum atomic E-state index is -0.484.